The van der Waals surface area contributed by atoms with Crippen LogP contribution >= 0.6 is 0 Å². The van der Waals surface area contributed by atoms with Gasteiger partial charge in [0.25, 0.3) is 5.91 Å². The van der Waals surface area contributed by atoms with E-state index in [-0.39, 0.29) is 30.1 Å². The third-order valence-corrected chi connectivity index (χ3v) is 5.80. The van der Waals surface area contributed by atoms with Crippen LogP contribution in [0.4, 0.5) is 5.69 Å². The minimum Gasteiger partial charge on any atom is -0.339 e. The molecule has 7 nitrogen and oxygen atoms in total. The molecule has 1 N–H and O–H groups in total. The summed E-state index contributed by atoms with van der Waals surface area (Å²) in [5.74, 6) is 0.488. The molecular formula is C23H26N4O3. The number of aromatic nitrogens is 1. The van der Waals surface area contributed by atoms with E-state index in [0.717, 1.165) is 12.1 Å². The van der Waals surface area contributed by atoms with E-state index in [0.29, 0.717) is 43.3 Å². The predicted molar refractivity (Wildman–Crippen MR) is 113 cm³/mol. The molecule has 1 aliphatic carbocycles. The Morgan fingerprint density at radius 3 is 2.43 bits per heavy atom. The molecule has 1 saturated carbocycles. The van der Waals surface area contributed by atoms with Crippen LogP contribution in [0.15, 0.2) is 48.7 Å². The number of hydrogen-bond acceptors (Lipinski definition) is 4. The Morgan fingerprint density at radius 2 is 1.77 bits per heavy atom. The molecular weight excluding hydrogens is 380 g/mol. The van der Waals surface area contributed by atoms with E-state index in [9.17, 15) is 14.4 Å². The van der Waals surface area contributed by atoms with Crippen molar-refractivity contribution in [2.75, 3.05) is 31.5 Å². The second-order valence-electron chi connectivity index (χ2n) is 8.06. The molecule has 1 aliphatic heterocycles. The Hall–Kier alpha value is -3.22. The molecule has 156 valence electrons. The summed E-state index contributed by atoms with van der Waals surface area (Å²) in [6.07, 6.45) is 2.88. The van der Waals surface area contributed by atoms with E-state index in [2.05, 4.69) is 17.2 Å². The van der Waals surface area contributed by atoms with E-state index in [1.165, 1.54) is 0 Å². The predicted octanol–water partition coefficient (Wildman–Crippen LogP) is 2.20. The molecule has 1 aromatic carbocycles. The van der Waals surface area contributed by atoms with Crippen LogP contribution < -0.4 is 5.32 Å². The van der Waals surface area contributed by atoms with Gasteiger partial charge in [0.2, 0.25) is 11.8 Å². The zero-order valence-electron chi connectivity index (χ0n) is 17.1. The molecule has 1 saturated heterocycles. The van der Waals surface area contributed by atoms with Crippen LogP contribution in [0.5, 0.6) is 0 Å². The lowest BCUT2D eigenvalue weighted by atomic mass is 10.1. The van der Waals surface area contributed by atoms with Gasteiger partial charge >= 0.3 is 0 Å². The van der Waals surface area contributed by atoms with Crippen LogP contribution in [-0.2, 0) is 16.0 Å². The monoisotopic (exact) mass is 406 g/mol. The van der Waals surface area contributed by atoms with Gasteiger partial charge in [-0.1, -0.05) is 19.1 Å². The number of amides is 3. The summed E-state index contributed by atoms with van der Waals surface area (Å²) < 4.78 is 0. The highest BCUT2D eigenvalue weighted by atomic mass is 16.2. The van der Waals surface area contributed by atoms with Gasteiger partial charge in [-0.25, -0.2) is 0 Å². The normalized spacial score (nSPS) is 20.6. The highest BCUT2D eigenvalue weighted by molar-refractivity contribution is 5.98. The van der Waals surface area contributed by atoms with Crippen molar-refractivity contribution < 1.29 is 14.4 Å². The first kappa shape index (κ1) is 20.1. The van der Waals surface area contributed by atoms with Crippen molar-refractivity contribution in [3.05, 3.63) is 59.9 Å². The van der Waals surface area contributed by atoms with Crippen molar-refractivity contribution in [1.29, 1.82) is 0 Å². The van der Waals surface area contributed by atoms with Crippen molar-refractivity contribution in [2.45, 2.75) is 19.8 Å². The van der Waals surface area contributed by atoms with Crippen molar-refractivity contribution >= 4 is 23.4 Å². The molecule has 2 fully saturated rings. The van der Waals surface area contributed by atoms with Gasteiger partial charge in [0.1, 0.15) is 0 Å². The van der Waals surface area contributed by atoms with Crippen LogP contribution in [0.2, 0.25) is 0 Å². The molecule has 0 bridgehead atoms. The lowest BCUT2D eigenvalue weighted by Crippen LogP contribution is -2.51. The lowest BCUT2D eigenvalue weighted by Gasteiger charge is -2.35. The van der Waals surface area contributed by atoms with Crippen LogP contribution in [0.25, 0.3) is 0 Å². The third-order valence-electron chi connectivity index (χ3n) is 5.80. The first-order chi connectivity index (χ1) is 14.5. The maximum Gasteiger partial charge on any atom is 0.254 e. The molecule has 2 unspecified atom stereocenters. The second kappa shape index (κ2) is 8.65. The van der Waals surface area contributed by atoms with Crippen molar-refractivity contribution in [2.24, 2.45) is 11.8 Å². The lowest BCUT2D eigenvalue weighted by molar-refractivity contribution is -0.132. The van der Waals surface area contributed by atoms with Crippen LogP contribution in [0.3, 0.4) is 0 Å². The molecule has 2 heterocycles. The number of anilines is 1. The van der Waals surface area contributed by atoms with E-state index in [1.54, 1.807) is 40.3 Å². The number of nitrogens with one attached hydrogen (secondary N) is 1. The summed E-state index contributed by atoms with van der Waals surface area (Å²) in [6, 6.07) is 12.6. The topological polar surface area (TPSA) is 82.6 Å². The SMILES string of the molecule is CC1CC1C(=O)Nc1cccc(C(=O)N2CCN(C(=O)Cc3ccccn3)CC2)c1. The summed E-state index contributed by atoms with van der Waals surface area (Å²) in [5, 5.41) is 2.91. The quantitative estimate of drug-likeness (QED) is 0.825. The van der Waals surface area contributed by atoms with Crippen molar-refractivity contribution in [3.8, 4) is 0 Å². The van der Waals surface area contributed by atoms with Crippen molar-refractivity contribution in [1.82, 2.24) is 14.8 Å². The summed E-state index contributed by atoms with van der Waals surface area (Å²) in [5.41, 5.74) is 1.94. The zero-order valence-corrected chi connectivity index (χ0v) is 17.1. The number of carbonyl (C=O) groups is 3. The highest BCUT2D eigenvalue weighted by Crippen LogP contribution is 2.38. The van der Waals surface area contributed by atoms with Gasteiger partial charge in [-0.05, 0) is 42.7 Å². The van der Waals surface area contributed by atoms with Crippen LogP contribution in [0, 0.1) is 11.8 Å². The maximum absolute atomic E-state index is 12.9. The average molecular weight is 406 g/mol. The molecule has 4 rings (SSSR count). The van der Waals surface area contributed by atoms with Gasteiger partial charge in [0.15, 0.2) is 0 Å². The standard InChI is InChI=1S/C23H26N4O3/c1-16-13-20(16)22(29)25-19-7-4-5-17(14-19)23(30)27-11-9-26(10-12-27)21(28)15-18-6-2-3-8-24-18/h2-8,14,16,20H,9-13,15H2,1H3,(H,25,29). The maximum atomic E-state index is 12.9. The number of hydrogen-bond donors (Lipinski definition) is 1. The summed E-state index contributed by atoms with van der Waals surface area (Å²) in [7, 11) is 0. The minimum atomic E-state index is -0.0808. The van der Waals surface area contributed by atoms with Gasteiger partial charge in [0, 0.05) is 55.2 Å². The number of rotatable bonds is 5. The smallest absolute Gasteiger partial charge is 0.254 e. The van der Waals surface area contributed by atoms with Gasteiger partial charge in [-0.15, -0.1) is 0 Å². The van der Waals surface area contributed by atoms with Gasteiger partial charge < -0.3 is 15.1 Å². The fourth-order valence-corrected chi connectivity index (χ4v) is 3.76. The first-order valence-electron chi connectivity index (χ1n) is 10.4. The Morgan fingerprint density at radius 1 is 1.03 bits per heavy atom. The fraction of sp³-hybridized carbons (Fsp3) is 0.391. The highest BCUT2D eigenvalue weighted by Gasteiger charge is 2.39. The van der Waals surface area contributed by atoms with Crippen molar-refractivity contribution in [3.63, 3.8) is 0 Å². The van der Waals surface area contributed by atoms with Crippen LogP contribution in [-0.4, -0.2) is 58.7 Å². The Labute approximate surface area is 176 Å². The first-order valence-corrected chi connectivity index (χ1v) is 10.4. The largest absolute Gasteiger partial charge is 0.339 e. The molecule has 2 atom stereocenters. The Balaban J connectivity index is 1.31. The Bertz CT molecular complexity index is 938. The third kappa shape index (κ3) is 4.67. The van der Waals surface area contributed by atoms with E-state index < -0.39 is 0 Å². The van der Waals surface area contributed by atoms with Gasteiger partial charge in [0.05, 0.1) is 6.42 Å². The number of carbonyl (C=O) groups excluding carboxylic acids is 3. The minimum absolute atomic E-state index is 0.0205. The van der Waals surface area contributed by atoms with Crippen LogP contribution in [0.1, 0.15) is 29.4 Å². The number of nitrogens with zero attached hydrogens (tertiary/aromatic N) is 3. The molecule has 2 aliphatic rings. The van der Waals surface area contributed by atoms with Gasteiger partial charge in [-0.2, -0.15) is 0 Å². The molecule has 1 aromatic heterocycles. The number of pyridine rings is 1. The Kier molecular flexibility index (Phi) is 5.79. The zero-order chi connectivity index (χ0) is 21.1. The van der Waals surface area contributed by atoms with Gasteiger partial charge in [-0.3, -0.25) is 19.4 Å². The summed E-state index contributed by atoms with van der Waals surface area (Å²) >= 11 is 0. The van der Waals surface area contributed by atoms with E-state index in [4.69, 9.17) is 0 Å². The average Bonchev–Trinajstić information content (AvgIpc) is 3.51. The molecule has 0 spiro atoms. The fourth-order valence-electron chi connectivity index (χ4n) is 3.76. The molecule has 0 radical (unpaired) electrons. The molecule has 7 heteroatoms. The second-order valence-corrected chi connectivity index (χ2v) is 8.06. The molecule has 30 heavy (non-hydrogen) atoms. The summed E-state index contributed by atoms with van der Waals surface area (Å²) in [4.78, 5) is 45.3. The number of benzene rings is 1. The number of piperazine rings is 1. The van der Waals surface area contributed by atoms with E-state index in [1.807, 2.05) is 18.2 Å². The molecule has 2 aromatic rings. The van der Waals surface area contributed by atoms with E-state index >= 15 is 0 Å². The summed E-state index contributed by atoms with van der Waals surface area (Å²) in [6.45, 7) is 4.05. The molecule has 3 amide bonds.